The molecule has 2 aliphatic rings. The van der Waals surface area contributed by atoms with Crippen molar-refractivity contribution in [2.75, 3.05) is 62.6 Å². The van der Waals surface area contributed by atoms with Crippen LogP contribution in [0.3, 0.4) is 0 Å². The Labute approximate surface area is 201 Å². The fourth-order valence-electron chi connectivity index (χ4n) is 4.46. The van der Waals surface area contributed by atoms with E-state index >= 15 is 0 Å². The van der Waals surface area contributed by atoms with Gasteiger partial charge >= 0.3 is 0 Å². The summed E-state index contributed by atoms with van der Waals surface area (Å²) in [5.41, 5.74) is 2.26. The SMILES string of the molecule is C[C@@H]1C(=O)N(C)c2ccc(Nc3ccc(C(=O)NCCN(C)C)cc3)nc2N1C1CCOCC1. The fraction of sp³-hybridized carbons (Fsp3) is 0.480. The molecule has 9 nitrogen and oxygen atoms in total. The number of fused-ring (bicyclic) bond motifs is 1. The lowest BCUT2D eigenvalue weighted by atomic mass is 10.0. The number of likely N-dealkylation sites (N-methyl/N-ethyl adjacent to an activating group) is 2. The predicted molar refractivity (Wildman–Crippen MR) is 134 cm³/mol. The number of hydrogen-bond donors (Lipinski definition) is 2. The second-order valence-corrected chi connectivity index (χ2v) is 9.12. The van der Waals surface area contributed by atoms with Gasteiger partial charge in [-0.15, -0.1) is 0 Å². The van der Waals surface area contributed by atoms with Gasteiger partial charge < -0.3 is 30.1 Å². The zero-order chi connectivity index (χ0) is 24.2. The zero-order valence-corrected chi connectivity index (χ0v) is 20.4. The molecular weight excluding hydrogens is 432 g/mol. The number of rotatable bonds is 7. The van der Waals surface area contributed by atoms with E-state index in [1.807, 2.05) is 50.2 Å². The van der Waals surface area contributed by atoms with E-state index in [9.17, 15) is 9.59 Å². The number of aromatic nitrogens is 1. The van der Waals surface area contributed by atoms with E-state index in [4.69, 9.17) is 9.72 Å². The number of nitrogens with one attached hydrogen (secondary N) is 2. The summed E-state index contributed by atoms with van der Waals surface area (Å²) < 4.78 is 5.54. The summed E-state index contributed by atoms with van der Waals surface area (Å²) in [6.45, 7) is 4.73. The van der Waals surface area contributed by atoms with Crippen LogP contribution in [0.15, 0.2) is 36.4 Å². The number of benzene rings is 1. The van der Waals surface area contributed by atoms with E-state index in [-0.39, 0.29) is 23.9 Å². The largest absolute Gasteiger partial charge is 0.381 e. The molecule has 2 aliphatic heterocycles. The van der Waals surface area contributed by atoms with Gasteiger partial charge in [0.25, 0.3) is 5.91 Å². The van der Waals surface area contributed by atoms with Crippen LogP contribution in [0.2, 0.25) is 0 Å². The van der Waals surface area contributed by atoms with Crippen molar-refractivity contribution in [2.45, 2.75) is 31.8 Å². The lowest BCUT2D eigenvalue weighted by Gasteiger charge is -2.44. The van der Waals surface area contributed by atoms with Crippen molar-refractivity contribution in [2.24, 2.45) is 0 Å². The minimum Gasteiger partial charge on any atom is -0.381 e. The third-order valence-corrected chi connectivity index (χ3v) is 6.41. The second-order valence-electron chi connectivity index (χ2n) is 9.12. The number of anilines is 4. The van der Waals surface area contributed by atoms with Gasteiger partial charge in [-0.3, -0.25) is 9.59 Å². The van der Waals surface area contributed by atoms with Gasteiger partial charge in [-0.1, -0.05) is 0 Å². The Balaban J connectivity index is 1.51. The van der Waals surface area contributed by atoms with Gasteiger partial charge in [0.15, 0.2) is 5.82 Å². The maximum absolute atomic E-state index is 12.9. The molecule has 2 amide bonds. The number of carbonyl (C=O) groups excluding carboxylic acids is 2. The molecule has 0 unspecified atom stereocenters. The van der Waals surface area contributed by atoms with Gasteiger partial charge in [0, 0.05) is 50.6 Å². The quantitative estimate of drug-likeness (QED) is 0.648. The van der Waals surface area contributed by atoms with Gasteiger partial charge in [0.05, 0.1) is 5.69 Å². The molecule has 3 heterocycles. The molecule has 0 spiro atoms. The minimum absolute atomic E-state index is 0.0703. The molecule has 0 saturated carbocycles. The summed E-state index contributed by atoms with van der Waals surface area (Å²) in [5.74, 6) is 1.48. The predicted octanol–water partition coefficient (Wildman–Crippen LogP) is 2.47. The lowest BCUT2D eigenvalue weighted by molar-refractivity contribution is -0.119. The van der Waals surface area contributed by atoms with Gasteiger partial charge in [-0.05, 0) is 70.3 Å². The molecule has 1 saturated heterocycles. The monoisotopic (exact) mass is 466 g/mol. The minimum atomic E-state index is -0.284. The standard InChI is InChI=1S/C25H34N6O3/c1-17-25(33)30(4)21-9-10-22(28-23(21)31(17)20-11-15-34-16-12-20)27-19-7-5-18(6-8-19)24(32)26-13-14-29(2)3/h5-10,17,20H,11-16H2,1-4H3,(H,26,32)(H,27,28)/t17-/m1/s1. The second kappa shape index (κ2) is 10.4. The maximum atomic E-state index is 12.9. The average Bonchev–Trinajstić information content (AvgIpc) is 2.83. The molecule has 1 atom stereocenters. The van der Waals surface area contributed by atoms with E-state index in [2.05, 4.69) is 15.5 Å². The van der Waals surface area contributed by atoms with Crippen LogP contribution in [0, 0.1) is 0 Å². The van der Waals surface area contributed by atoms with Crippen molar-refractivity contribution < 1.29 is 14.3 Å². The number of carbonyl (C=O) groups is 2. The highest BCUT2D eigenvalue weighted by Crippen LogP contribution is 2.38. The number of amides is 2. The van der Waals surface area contributed by atoms with E-state index in [1.54, 1.807) is 24.1 Å². The van der Waals surface area contributed by atoms with Crippen LogP contribution in [0.4, 0.5) is 23.0 Å². The molecule has 1 aromatic carbocycles. The number of ether oxygens (including phenoxy) is 1. The van der Waals surface area contributed by atoms with Crippen LogP contribution in [0.25, 0.3) is 0 Å². The Bertz CT molecular complexity index is 1020. The van der Waals surface area contributed by atoms with E-state index in [0.29, 0.717) is 31.1 Å². The van der Waals surface area contributed by atoms with Gasteiger partial charge in [0.1, 0.15) is 11.9 Å². The Kier molecular flexibility index (Phi) is 7.33. The van der Waals surface area contributed by atoms with Crippen LogP contribution in [-0.4, -0.2) is 81.2 Å². The first kappa shape index (κ1) is 24.0. The average molecular weight is 467 g/mol. The summed E-state index contributed by atoms with van der Waals surface area (Å²) in [4.78, 5) is 36.0. The molecule has 2 aromatic rings. The molecule has 1 aromatic heterocycles. The first-order valence-corrected chi connectivity index (χ1v) is 11.8. The van der Waals surface area contributed by atoms with Crippen molar-refractivity contribution in [1.82, 2.24) is 15.2 Å². The Hall–Kier alpha value is -3.17. The smallest absolute Gasteiger partial charge is 0.251 e. The first-order valence-electron chi connectivity index (χ1n) is 11.8. The number of hydrogen-bond acceptors (Lipinski definition) is 7. The normalized spacial score (nSPS) is 18.7. The molecular formula is C25H34N6O3. The highest BCUT2D eigenvalue weighted by molar-refractivity contribution is 6.04. The summed E-state index contributed by atoms with van der Waals surface area (Å²) in [5, 5.41) is 6.26. The molecule has 182 valence electrons. The van der Waals surface area contributed by atoms with Crippen molar-refractivity contribution in [3.63, 3.8) is 0 Å². The molecule has 0 bridgehead atoms. The molecule has 0 radical (unpaired) electrons. The number of nitrogens with zero attached hydrogens (tertiary/aromatic N) is 4. The first-order chi connectivity index (χ1) is 16.3. The van der Waals surface area contributed by atoms with Crippen molar-refractivity contribution in [3.05, 3.63) is 42.0 Å². The van der Waals surface area contributed by atoms with Crippen LogP contribution >= 0.6 is 0 Å². The van der Waals surface area contributed by atoms with Crippen molar-refractivity contribution in [3.8, 4) is 0 Å². The lowest BCUT2D eigenvalue weighted by Crippen LogP contribution is -2.56. The highest BCUT2D eigenvalue weighted by atomic mass is 16.5. The topological polar surface area (TPSA) is 90.0 Å². The molecule has 2 N–H and O–H groups in total. The maximum Gasteiger partial charge on any atom is 0.251 e. The third-order valence-electron chi connectivity index (χ3n) is 6.41. The van der Waals surface area contributed by atoms with Crippen molar-refractivity contribution >= 4 is 34.8 Å². The third kappa shape index (κ3) is 5.15. The molecule has 1 fully saturated rings. The van der Waals surface area contributed by atoms with Crippen LogP contribution < -0.4 is 20.4 Å². The van der Waals surface area contributed by atoms with Gasteiger partial charge in [-0.25, -0.2) is 4.98 Å². The summed E-state index contributed by atoms with van der Waals surface area (Å²) in [6, 6.07) is 11.1. The molecule has 34 heavy (non-hydrogen) atoms. The van der Waals surface area contributed by atoms with Gasteiger partial charge in [-0.2, -0.15) is 0 Å². The Morgan fingerprint density at radius 3 is 2.53 bits per heavy atom. The van der Waals surface area contributed by atoms with Crippen LogP contribution in [0.1, 0.15) is 30.1 Å². The van der Waals surface area contributed by atoms with E-state index < -0.39 is 0 Å². The highest BCUT2D eigenvalue weighted by Gasteiger charge is 2.39. The summed E-state index contributed by atoms with van der Waals surface area (Å²) in [7, 11) is 5.75. The molecule has 0 aliphatic carbocycles. The van der Waals surface area contributed by atoms with E-state index in [0.717, 1.165) is 36.6 Å². The molecule has 4 rings (SSSR count). The number of pyridine rings is 1. The van der Waals surface area contributed by atoms with Crippen LogP contribution in [-0.2, 0) is 9.53 Å². The Morgan fingerprint density at radius 2 is 1.85 bits per heavy atom. The summed E-state index contributed by atoms with van der Waals surface area (Å²) >= 11 is 0. The van der Waals surface area contributed by atoms with Crippen molar-refractivity contribution in [1.29, 1.82) is 0 Å². The van der Waals surface area contributed by atoms with E-state index in [1.165, 1.54) is 0 Å². The molecule has 9 heteroatoms. The van der Waals surface area contributed by atoms with Crippen LogP contribution in [0.5, 0.6) is 0 Å². The fourth-order valence-corrected chi connectivity index (χ4v) is 4.46. The zero-order valence-electron chi connectivity index (χ0n) is 20.4. The van der Waals surface area contributed by atoms with Gasteiger partial charge in [0.2, 0.25) is 5.91 Å². The summed E-state index contributed by atoms with van der Waals surface area (Å²) in [6.07, 6.45) is 1.75. The Morgan fingerprint density at radius 1 is 1.15 bits per heavy atom.